The fourth-order valence-electron chi connectivity index (χ4n) is 2.05. The first kappa shape index (κ1) is 12.4. The first-order chi connectivity index (χ1) is 9.72. The molecule has 0 radical (unpaired) electrons. The van der Waals surface area contributed by atoms with Crippen molar-refractivity contribution in [2.45, 2.75) is 13.3 Å². The molecule has 4 heteroatoms. The molecule has 0 aliphatic rings. The largest absolute Gasteiger partial charge is 0.399 e. The Morgan fingerprint density at radius 3 is 2.55 bits per heavy atom. The van der Waals surface area contributed by atoms with E-state index < -0.39 is 0 Å². The maximum Gasteiger partial charge on any atom is 0.257 e. The molecular weight excluding hydrogens is 250 g/mol. The number of nitrogen functional groups attached to an aromatic ring is 1. The molecule has 0 saturated heterocycles. The van der Waals surface area contributed by atoms with Gasteiger partial charge in [0, 0.05) is 17.7 Å². The third-order valence-electron chi connectivity index (χ3n) is 3.24. The molecule has 20 heavy (non-hydrogen) atoms. The number of aryl methyl sites for hydroxylation is 1. The minimum absolute atomic E-state index is 0.522. The summed E-state index contributed by atoms with van der Waals surface area (Å²) in [7, 11) is 0. The van der Waals surface area contributed by atoms with E-state index in [0.29, 0.717) is 23.8 Å². The topological polar surface area (TPSA) is 64.9 Å². The monoisotopic (exact) mass is 265 g/mol. The zero-order valence-corrected chi connectivity index (χ0v) is 11.2. The standard InChI is InChI=1S/C16H15N3O/c1-11-4-2-3-5-13(11)10-15-18-16(20-19-15)12-6-8-14(17)9-7-12/h2-9H,10,17H2,1H3. The fraction of sp³-hybridized carbons (Fsp3) is 0.125. The van der Waals surface area contributed by atoms with Crippen LogP contribution in [-0.2, 0) is 6.42 Å². The average molecular weight is 265 g/mol. The Balaban J connectivity index is 1.84. The lowest BCUT2D eigenvalue weighted by Crippen LogP contribution is -1.93. The van der Waals surface area contributed by atoms with Crippen LogP contribution in [0.4, 0.5) is 5.69 Å². The zero-order valence-electron chi connectivity index (χ0n) is 11.2. The molecule has 1 aromatic heterocycles. The predicted octanol–water partition coefficient (Wildman–Crippen LogP) is 3.22. The van der Waals surface area contributed by atoms with Crippen LogP contribution >= 0.6 is 0 Å². The second kappa shape index (κ2) is 5.17. The zero-order chi connectivity index (χ0) is 13.9. The lowest BCUT2D eigenvalue weighted by molar-refractivity contribution is 0.424. The first-order valence-electron chi connectivity index (χ1n) is 6.45. The molecule has 0 atom stereocenters. The van der Waals surface area contributed by atoms with Crippen molar-refractivity contribution in [2.24, 2.45) is 0 Å². The molecule has 0 saturated carbocycles. The van der Waals surface area contributed by atoms with E-state index >= 15 is 0 Å². The number of hydrogen-bond donors (Lipinski definition) is 1. The van der Waals surface area contributed by atoms with Gasteiger partial charge >= 0.3 is 0 Å². The van der Waals surface area contributed by atoms with E-state index in [1.807, 2.05) is 36.4 Å². The summed E-state index contributed by atoms with van der Waals surface area (Å²) in [5, 5.41) is 4.03. The molecule has 2 aromatic carbocycles. The predicted molar refractivity (Wildman–Crippen MR) is 78.1 cm³/mol. The van der Waals surface area contributed by atoms with Crippen LogP contribution in [0.15, 0.2) is 53.1 Å². The highest BCUT2D eigenvalue weighted by Crippen LogP contribution is 2.19. The quantitative estimate of drug-likeness (QED) is 0.738. The molecule has 100 valence electrons. The van der Waals surface area contributed by atoms with Crippen molar-refractivity contribution < 1.29 is 4.52 Å². The number of nitrogens with two attached hydrogens (primary N) is 1. The lowest BCUT2D eigenvalue weighted by Gasteiger charge is -2.00. The molecule has 4 nitrogen and oxygen atoms in total. The van der Waals surface area contributed by atoms with E-state index in [4.69, 9.17) is 10.3 Å². The van der Waals surface area contributed by atoms with Gasteiger partial charge in [0.15, 0.2) is 5.82 Å². The van der Waals surface area contributed by atoms with Gasteiger partial charge in [0.1, 0.15) is 0 Å². The molecule has 0 bridgehead atoms. The Morgan fingerprint density at radius 2 is 1.80 bits per heavy atom. The van der Waals surface area contributed by atoms with Crippen molar-refractivity contribution in [3.05, 3.63) is 65.5 Å². The number of anilines is 1. The van der Waals surface area contributed by atoms with Gasteiger partial charge in [-0.2, -0.15) is 4.98 Å². The van der Waals surface area contributed by atoms with Crippen molar-refractivity contribution in [3.63, 3.8) is 0 Å². The van der Waals surface area contributed by atoms with Gasteiger partial charge in [0.2, 0.25) is 0 Å². The molecule has 2 N–H and O–H groups in total. The number of nitrogens with zero attached hydrogens (tertiary/aromatic N) is 2. The SMILES string of the molecule is Cc1ccccc1Cc1noc(-c2ccc(N)cc2)n1. The first-order valence-corrected chi connectivity index (χ1v) is 6.45. The van der Waals surface area contributed by atoms with Crippen LogP contribution in [-0.4, -0.2) is 10.1 Å². The van der Waals surface area contributed by atoms with Gasteiger partial charge in [-0.05, 0) is 42.3 Å². The Morgan fingerprint density at radius 1 is 1.05 bits per heavy atom. The summed E-state index contributed by atoms with van der Waals surface area (Å²) < 4.78 is 5.30. The molecule has 0 fully saturated rings. The van der Waals surface area contributed by atoms with E-state index in [1.54, 1.807) is 0 Å². The van der Waals surface area contributed by atoms with Crippen LogP contribution in [0.3, 0.4) is 0 Å². The molecule has 3 aromatic rings. The van der Waals surface area contributed by atoms with E-state index in [0.717, 1.165) is 5.56 Å². The Hall–Kier alpha value is -2.62. The van der Waals surface area contributed by atoms with Crippen molar-refractivity contribution in [3.8, 4) is 11.5 Å². The highest BCUT2D eigenvalue weighted by atomic mass is 16.5. The summed E-state index contributed by atoms with van der Waals surface area (Å²) in [6, 6.07) is 15.6. The highest BCUT2D eigenvalue weighted by Gasteiger charge is 2.10. The summed E-state index contributed by atoms with van der Waals surface area (Å²) in [6.45, 7) is 2.08. The third-order valence-corrected chi connectivity index (χ3v) is 3.24. The Bertz CT molecular complexity index is 717. The molecular formula is C16H15N3O. The van der Waals surface area contributed by atoms with Gasteiger partial charge in [0.25, 0.3) is 5.89 Å². The highest BCUT2D eigenvalue weighted by molar-refractivity contribution is 5.56. The molecule has 0 unspecified atom stereocenters. The lowest BCUT2D eigenvalue weighted by atomic mass is 10.1. The van der Waals surface area contributed by atoms with E-state index in [9.17, 15) is 0 Å². The molecule has 0 aliphatic carbocycles. The summed E-state index contributed by atoms with van der Waals surface area (Å²) >= 11 is 0. The molecule has 0 spiro atoms. The second-order valence-corrected chi connectivity index (χ2v) is 4.74. The summed E-state index contributed by atoms with van der Waals surface area (Å²) in [4.78, 5) is 4.43. The minimum atomic E-state index is 0.522. The molecule has 3 rings (SSSR count). The third kappa shape index (κ3) is 2.54. The molecule has 0 aliphatic heterocycles. The molecule has 1 heterocycles. The minimum Gasteiger partial charge on any atom is -0.399 e. The Labute approximate surface area is 117 Å². The van der Waals surface area contributed by atoms with Crippen molar-refractivity contribution in [1.82, 2.24) is 10.1 Å². The number of rotatable bonds is 3. The second-order valence-electron chi connectivity index (χ2n) is 4.74. The van der Waals surface area contributed by atoms with E-state index in [2.05, 4.69) is 29.2 Å². The van der Waals surface area contributed by atoms with E-state index in [1.165, 1.54) is 11.1 Å². The van der Waals surface area contributed by atoms with Gasteiger partial charge in [-0.25, -0.2) is 0 Å². The smallest absolute Gasteiger partial charge is 0.257 e. The summed E-state index contributed by atoms with van der Waals surface area (Å²) in [6.07, 6.45) is 0.672. The fourth-order valence-corrected chi connectivity index (χ4v) is 2.05. The van der Waals surface area contributed by atoms with Crippen LogP contribution < -0.4 is 5.73 Å². The average Bonchev–Trinajstić information content (AvgIpc) is 2.91. The molecule has 0 amide bonds. The van der Waals surface area contributed by atoms with Gasteiger partial charge in [-0.1, -0.05) is 29.4 Å². The van der Waals surface area contributed by atoms with Crippen molar-refractivity contribution in [1.29, 1.82) is 0 Å². The van der Waals surface area contributed by atoms with Crippen LogP contribution in [0.25, 0.3) is 11.5 Å². The van der Waals surface area contributed by atoms with E-state index in [-0.39, 0.29) is 0 Å². The normalized spacial score (nSPS) is 10.7. The summed E-state index contributed by atoms with van der Waals surface area (Å²) in [5.74, 6) is 1.21. The van der Waals surface area contributed by atoms with Gasteiger partial charge < -0.3 is 10.3 Å². The number of aromatic nitrogens is 2. The van der Waals surface area contributed by atoms with Gasteiger partial charge in [0.05, 0.1) is 0 Å². The Kier molecular flexibility index (Phi) is 3.21. The number of benzene rings is 2. The van der Waals surface area contributed by atoms with Gasteiger partial charge in [-0.3, -0.25) is 0 Å². The van der Waals surface area contributed by atoms with Gasteiger partial charge in [-0.15, -0.1) is 0 Å². The van der Waals surface area contributed by atoms with Crippen LogP contribution in [0, 0.1) is 6.92 Å². The van der Waals surface area contributed by atoms with Crippen molar-refractivity contribution >= 4 is 5.69 Å². The van der Waals surface area contributed by atoms with Crippen LogP contribution in [0.2, 0.25) is 0 Å². The maximum absolute atomic E-state index is 5.66. The van der Waals surface area contributed by atoms with Crippen molar-refractivity contribution in [2.75, 3.05) is 5.73 Å². The summed E-state index contributed by atoms with van der Waals surface area (Å²) in [5.41, 5.74) is 9.69. The maximum atomic E-state index is 5.66. The van der Waals surface area contributed by atoms with Crippen LogP contribution in [0.5, 0.6) is 0 Å². The number of hydrogen-bond acceptors (Lipinski definition) is 4. The van der Waals surface area contributed by atoms with Crippen LogP contribution in [0.1, 0.15) is 17.0 Å².